The number of thiophene rings is 1. The van der Waals surface area contributed by atoms with Gasteiger partial charge in [0, 0.05) is 28.2 Å². The van der Waals surface area contributed by atoms with Gasteiger partial charge >= 0.3 is 6.09 Å². The molecule has 1 heterocycles. The van der Waals surface area contributed by atoms with Crippen LogP contribution in [-0.2, 0) is 17.7 Å². The van der Waals surface area contributed by atoms with Crippen LogP contribution < -0.4 is 5.32 Å². The van der Waals surface area contributed by atoms with Crippen LogP contribution in [-0.4, -0.2) is 35.2 Å². The fourth-order valence-electron chi connectivity index (χ4n) is 3.42. The van der Waals surface area contributed by atoms with Gasteiger partial charge in [-0.05, 0) is 97.0 Å². The van der Waals surface area contributed by atoms with Gasteiger partial charge in [-0.15, -0.1) is 11.3 Å². The molecule has 0 aliphatic heterocycles. The molecule has 0 fully saturated rings. The van der Waals surface area contributed by atoms with Gasteiger partial charge in [0.15, 0.2) is 0 Å². The van der Waals surface area contributed by atoms with Gasteiger partial charge < -0.3 is 10.1 Å². The number of carbonyl (C=O) groups is 1. The molecule has 0 atom stereocenters. The van der Waals surface area contributed by atoms with E-state index in [1.807, 2.05) is 32.1 Å². The summed E-state index contributed by atoms with van der Waals surface area (Å²) in [6.45, 7) is 16.3. The van der Waals surface area contributed by atoms with Crippen molar-refractivity contribution in [2.45, 2.75) is 85.5 Å². The van der Waals surface area contributed by atoms with Crippen LogP contribution in [0, 0.1) is 0 Å². The molecule has 0 spiro atoms. The molecule has 4 nitrogen and oxygen atoms in total. The van der Waals surface area contributed by atoms with Gasteiger partial charge in [0.25, 0.3) is 0 Å². The van der Waals surface area contributed by atoms with Crippen LogP contribution in [0.4, 0.5) is 4.79 Å². The van der Waals surface area contributed by atoms with Crippen molar-refractivity contribution in [3.05, 3.63) is 34.7 Å². The molecule has 1 aromatic carbocycles. The van der Waals surface area contributed by atoms with E-state index in [1.54, 1.807) is 0 Å². The number of benzene rings is 1. The fourth-order valence-corrected chi connectivity index (χ4v) is 4.50. The zero-order chi connectivity index (χ0) is 20.9. The molecule has 0 saturated heterocycles. The van der Waals surface area contributed by atoms with Crippen molar-refractivity contribution in [1.29, 1.82) is 0 Å². The standard InChI is InChI=1S/C23H36N2O2S/c1-16(2)25(17(3)4)12-8-9-20-14-19-13-18(10-11-21(19)28-20)15-24-22(26)27-23(5,6)7/h10-11,13-14,16-17H,8-9,12,15H2,1-7H3,(H,24,26). The average molecular weight is 405 g/mol. The van der Waals surface area contributed by atoms with Crippen LogP contribution in [0.5, 0.6) is 0 Å². The quantitative estimate of drug-likeness (QED) is 0.588. The van der Waals surface area contributed by atoms with Gasteiger partial charge in [0.2, 0.25) is 0 Å². The number of nitrogens with one attached hydrogen (secondary N) is 1. The number of alkyl carbamates (subject to hydrolysis) is 1. The molecule has 5 heteroatoms. The number of fused-ring (bicyclic) bond motifs is 1. The zero-order valence-electron chi connectivity index (χ0n) is 18.5. The summed E-state index contributed by atoms with van der Waals surface area (Å²) in [5.41, 5.74) is 0.616. The third-order valence-corrected chi connectivity index (χ3v) is 5.81. The Morgan fingerprint density at radius 3 is 2.43 bits per heavy atom. The Labute approximate surface area is 174 Å². The van der Waals surface area contributed by atoms with Crippen molar-refractivity contribution in [3.63, 3.8) is 0 Å². The number of hydrogen-bond donors (Lipinski definition) is 1. The van der Waals surface area contributed by atoms with E-state index in [0.717, 1.165) is 18.5 Å². The summed E-state index contributed by atoms with van der Waals surface area (Å²) >= 11 is 1.88. The van der Waals surface area contributed by atoms with Gasteiger partial charge in [-0.25, -0.2) is 4.79 Å². The third-order valence-electron chi connectivity index (χ3n) is 4.63. The van der Waals surface area contributed by atoms with E-state index >= 15 is 0 Å². The molecular weight excluding hydrogens is 368 g/mol. The van der Waals surface area contributed by atoms with E-state index in [9.17, 15) is 4.79 Å². The molecule has 28 heavy (non-hydrogen) atoms. The van der Waals surface area contributed by atoms with E-state index < -0.39 is 5.60 Å². The molecule has 0 unspecified atom stereocenters. The number of amides is 1. The molecule has 0 aliphatic carbocycles. The molecule has 156 valence electrons. The molecule has 0 saturated carbocycles. The average Bonchev–Trinajstić information content (AvgIpc) is 2.96. The molecule has 2 rings (SSSR count). The van der Waals surface area contributed by atoms with Gasteiger partial charge in [-0.1, -0.05) is 6.07 Å². The predicted octanol–water partition coefficient (Wildman–Crippen LogP) is 5.98. The number of aryl methyl sites for hydroxylation is 1. The second-order valence-corrected chi connectivity index (χ2v) is 10.1. The Kier molecular flexibility index (Phi) is 7.90. The van der Waals surface area contributed by atoms with Gasteiger partial charge in [0.05, 0.1) is 0 Å². The SMILES string of the molecule is CC(C)N(CCCc1cc2cc(CNC(=O)OC(C)(C)C)ccc2s1)C(C)C. The minimum absolute atomic E-state index is 0.376. The molecule has 0 aliphatic rings. The summed E-state index contributed by atoms with van der Waals surface area (Å²) < 4.78 is 6.60. The lowest BCUT2D eigenvalue weighted by Gasteiger charge is -2.30. The van der Waals surface area contributed by atoms with E-state index in [0.29, 0.717) is 18.6 Å². The van der Waals surface area contributed by atoms with Crippen LogP contribution in [0.25, 0.3) is 10.1 Å². The second kappa shape index (κ2) is 9.75. The van der Waals surface area contributed by atoms with E-state index in [1.165, 1.54) is 21.4 Å². The molecule has 0 radical (unpaired) electrons. The Bertz CT molecular complexity index is 766. The van der Waals surface area contributed by atoms with Crippen molar-refractivity contribution in [2.75, 3.05) is 6.54 Å². The van der Waals surface area contributed by atoms with Crippen LogP contribution in [0.15, 0.2) is 24.3 Å². The maximum atomic E-state index is 11.8. The van der Waals surface area contributed by atoms with Gasteiger partial charge in [-0.2, -0.15) is 0 Å². The number of carbonyl (C=O) groups excluding carboxylic acids is 1. The predicted molar refractivity (Wildman–Crippen MR) is 120 cm³/mol. The minimum atomic E-state index is -0.475. The van der Waals surface area contributed by atoms with Crippen LogP contribution >= 0.6 is 11.3 Å². The first-order valence-corrected chi connectivity index (χ1v) is 11.1. The number of ether oxygens (including phenoxy) is 1. The van der Waals surface area contributed by atoms with Crippen molar-refractivity contribution < 1.29 is 9.53 Å². The zero-order valence-corrected chi connectivity index (χ0v) is 19.3. The lowest BCUT2D eigenvalue weighted by molar-refractivity contribution is 0.0523. The largest absolute Gasteiger partial charge is 0.444 e. The Morgan fingerprint density at radius 2 is 1.82 bits per heavy atom. The topological polar surface area (TPSA) is 41.6 Å². The molecular formula is C23H36N2O2S. The van der Waals surface area contributed by atoms with E-state index in [2.05, 4.69) is 62.2 Å². The lowest BCUT2D eigenvalue weighted by atomic mass is 10.1. The summed E-state index contributed by atoms with van der Waals surface area (Å²) in [6, 6.07) is 9.88. The smallest absolute Gasteiger partial charge is 0.407 e. The third kappa shape index (κ3) is 7.10. The first-order valence-electron chi connectivity index (χ1n) is 10.3. The molecule has 1 aromatic heterocycles. The lowest BCUT2D eigenvalue weighted by Crippen LogP contribution is -2.37. The Morgan fingerprint density at radius 1 is 1.14 bits per heavy atom. The highest BCUT2D eigenvalue weighted by Crippen LogP contribution is 2.27. The number of nitrogens with zero attached hydrogens (tertiary/aromatic N) is 1. The maximum Gasteiger partial charge on any atom is 0.407 e. The fraction of sp³-hybridized carbons (Fsp3) is 0.609. The summed E-state index contributed by atoms with van der Waals surface area (Å²) in [5.74, 6) is 0. The summed E-state index contributed by atoms with van der Waals surface area (Å²) in [6.07, 6.45) is 1.91. The van der Waals surface area contributed by atoms with E-state index in [-0.39, 0.29) is 6.09 Å². The Hall–Kier alpha value is -1.59. The van der Waals surface area contributed by atoms with Gasteiger partial charge in [-0.3, -0.25) is 4.90 Å². The van der Waals surface area contributed by atoms with Crippen molar-refractivity contribution in [2.24, 2.45) is 0 Å². The van der Waals surface area contributed by atoms with Crippen molar-refractivity contribution in [1.82, 2.24) is 10.2 Å². The van der Waals surface area contributed by atoms with Crippen LogP contribution in [0.3, 0.4) is 0 Å². The summed E-state index contributed by atoms with van der Waals surface area (Å²) in [7, 11) is 0. The van der Waals surface area contributed by atoms with Crippen molar-refractivity contribution >= 4 is 27.5 Å². The highest BCUT2D eigenvalue weighted by Gasteiger charge is 2.16. The molecule has 1 amide bonds. The first-order chi connectivity index (χ1) is 13.0. The molecule has 1 N–H and O–H groups in total. The van der Waals surface area contributed by atoms with Crippen molar-refractivity contribution in [3.8, 4) is 0 Å². The molecule has 0 bridgehead atoms. The number of rotatable bonds is 8. The molecule has 2 aromatic rings. The monoisotopic (exact) mass is 404 g/mol. The Balaban J connectivity index is 1.92. The minimum Gasteiger partial charge on any atom is -0.444 e. The second-order valence-electron chi connectivity index (χ2n) is 8.97. The summed E-state index contributed by atoms with van der Waals surface area (Å²) in [5, 5.41) is 4.09. The highest BCUT2D eigenvalue weighted by atomic mass is 32.1. The highest BCUT2D eigenvalue weighted by molar-refractivity contribution is 7.19. The van der Waals surface area contributed by atoms with Crippen LogP contribution in [0.2, 0.25) is 0 Å². The van der Waals surface area contributed by atoms with Gasteiger partial charge in [0.1, 0.15) is 5.60 Å². The van der Waals surface area contributed by atoms with Crippen LogP contribution in [0.1, 0.15) is 65.3 Å². The maximum absolute atomic E-state index is 11.8. The first kappa shape index (κ1) is 22.7. The normalized spacial score (nSPS) is 12.4. The van der Waals surface area contributed by atoms with E-state index in [4.69, 9.17) is 4.74 Å². The number of hydrogen-bond acceptors (Lipinski definition) is 4. The summed E-state index contributed by atoms with van der Waals surface area (Å²) in [4.78, 5) is 15.8.